The van der Waals surface area contributed by atoms with Crippen LogP contribution in [0, 0.1) is 5.82 Å². The second-order valence-corrected chi connectivity index (χ2v) is 5.84. The quantitative estimate of drug-likeness (QED) is 0.797. The molecule has 2 N–H and O–H groups in total. The van der Waals surface area contributed by atoms with Gasteiger partial charge in [0.2, 0.25) is 5.91 Å². The summed E-state index contributed by atoms with van der Waals surface area (Å²) in [6.45, 7) is -0.759. The summed E-state index contributed by atoms with van der Waals surface area (Å²) in [6, 6.07) is 3.97. The molecular formula is C14H12ClFN2O4S. The molecule has 1 aromatic heterocycles. The molecule has 1 aromatic carbocycles. The van der Waals surface area contributed by atoms with Crippen LogP contribution in [0.25, 0.3) is 10.1 Å². The van der Waals surface area contributed by atoms with Crippen LogP contribution in [0.3, 0.4) is 0 Å². The summed E-state index contributed by atoms with van der Waals surface area (Å²) in [6.07, 6.45) is 0. The van der Waals surface area contributed by atoms with Crippen molar-refractivity contribution in [2.45, 2.75) is 0 Å². The highest BCUT2D eigenvalue weighted by Crippen LogP contribution is 2.36. The van der Waals surface area contributed by atoms with Crippen LogP contribution in [0.4, 0.5) is 4.39 Å². The van der Waals surface area contributed by atoms with Crippen molar-refractivity contribution < 1.29 is 23.5 Å². The van der Waals surface area contributed by atoms with E-state index in [0.717, 1.165) is 11.3 Å². The Labute approximate surface area is 139 Å². The summed E-state index contributed by atoms with van der Waals surface area (Å²) >= 11 is 7.05. The Morgan fingerprint density at radius 2 is 2.04 bits per heavy atom. The number of benzene rings is 1. The number of esters is 1. The minimum Gasteiger partial charge on any atom is -0.451 e. The van der Waals surface area contributed by atoms with Crippen molar-refractivity contribution in [2.24, 2.45) is 0 Å². The maximum Gasteiger partial charge on any atom is 0.350 e. The lowest BCUT2D eigenvalue weighted by Crippen LogP contribution is -2.37. The number of rotatable bonds is 5. The van der Waals surface area contributed by atoms with E-state index in [-0.39, 0.29) is 22.4 Å². The van der Waals surface area contributed by atoms with Gasteiger partial charge in [0.05, 0.1) is 11.6 Å². The van der Waals surface area contributed by atoms with Gasteiger partial charge >= 0.3 is 5.97 Å². The summed E-state index contributed by atoms with van der Waals surface area (Å²) in [5, 5.41) is 5.30. The van der Waals surface area contributed by atoms with Crippen LogP contribution in [0.1, 0.15) is 9.67 Å². The molecule has 0 bridgehead atoms. The van der Waals surface area contributed by atoms with Gasteiger partial charge in [0, 0.05) is 17.1 Å². The molecule has 0 saturated carbocycles. The fourth-order valence-corrected chi connectivity index (χ4v) is 3.11. The zero-order valence-electron chi connectivity index (χ0n) is 11.9. The number of carbonyl (C=O) groups excluding carboxylic acids is 3. The number of fused-ring (bicyclic) bond motifs is 1. The van der Waals surface area contributed by atoms with Gasteiger partial charge in [-0.15, -0.1) is 11.3 Å². The van der Waals surface area contributed by atoms with Gasteiger partial charge in [-0.05, 0) is 18.2 Å². The average molecular weight is 359 g/mol. The molecule has 0 aliphatic carbocycles. The highest BCUT2D eigenvalue weighted by atomic mass is 35.5. The van der Waals surface area contributed by atoms with E-state index in [4.69, 9.17) is 16.3 Å². The molecule has 1 heterocycles. The smallest absolute Gasteiger partial charge is 0.350 e. The standard InChI is InChI=1S/C14H12ClFN2O4S/c1-17-10(19)5-18-11(20)6-22-14(21)13-12(15)8-3-2-7(16)4-9(8)23-13/h2-4H,5-6H2,1H3,(H,17,19)(H,18,20). The summed E-state index contributed by atoms with van der Waals surface area (Å²) < 4.78 is 18.5. The maximum atomic E-state index is 13.2. The van der Waals surface area contributed by atoms with E-state index in [2.05, 4.69) is 10.6 Å². The number of hydrogen-bond acceptors (Lipinski definition) is 5. The van der Waals surface area contributed by atoms with E-state index in [0.29, 0.717) is 10.1 Å². The van der Waals surface area contributed by atoms with E-state index >= 15 is 0 Å². The van der Waals surface area contributed by atoms with Crippen molar-refractivity contribution in [3.05, 3.63) is 33.9 Å². The van der Waals surface area contributed by atoms with Crippen LogP contribution in [0.2, 0.25) is 5.02 Å². The molecule has 0 aliphatic rings. The lowest BCUT2D eigenvalue weighted by molar-refractivity contribution is -0.127. The fourth-order valence-electron chi connectivity index (χ4n) is 1.69. The van der Waals surface area contributed by atoms with Gasteiger partial charge < -0.3 is 15.4 Å². The van der Waals surface area contributed by atoms with Crippen molar-refractivity contribution in [2.75, 3.05) is 20.2 Å². The second kappa shape index (κ2) is 7.38. The zero-order valence-corrected chi connectivity index (χ0v) is 13.5. The SMILES string of the molecule is CNC(=O)CNC(=O)COC(=O)c1sc2cc(F)ccc2c1Cl. The molecule has 23 heavy (non-hydrogen) atoms. The lowest BCUT2D eigenvalue weighted by Gasteiger charge is -2.05. The normalized spacial score (nSPS) is 10.4. The topological polar surface area (TPSA) is 84.5 Å². The predicted octanol–water partition coefficient (Wildman–Crippen LogP) is 1.71. The van der Waals surface area contributed by atoms with E-state index in [1.54, 1.807) is 0 Å². The van der Waals surface area contributed by atoms with Gasteiger partial charge in [0.25, 0.3) is 5.91 Å². The summed E-state index contributed by atoms with van der Waals surface area (Å²) in [5.74, 6) is -2.22. The molecule has 0 fully saturated rings. The Balaban J connectivity index is 2.00. The second-order valence-electron chi connectivity index (χ2n) is 4.41. The largest absolute Gasteiger partial charge is 0.451 e. The fraction of sp³-hybridized carbons (Fsp3) is 0.214. The number of halogens is 2. The Morgan fingerprint density at radius 1 is 1.30 bits per heavy atom. The van der Waals surface area contributed by atoms with E-state index in [1.165, 1.54) is 25.2 Å². The predicted molar refractivity (Wildman–Crippen MR) is 84.2 cm³/mol. The molecular weight excluding hydrogens is 347 g/mol. The van der Waals surface area contributed by atoms with Crippen LogP contribution in [-0.2, 0) is 14.3 Å². The molecule has 0 spiro atoms. The number of amides is 2. The van der Waals surface area contributed by atoms with Crippen molar-refractivity contribution >= 4 is 50.8 Å². The molecule has 2 aromatic rings. The zero-order chi connectivity index (χ0) is 17.0. The first kappa shape index (κ1) is 17.2. The first-order chi connectivity index (χ1) is 10.9. The van der Waals surface area contributed by atoms with E-state index in [1.807, 2.05) is 0 Å². The number of carbonyl (C=O) groups is 3. The van der Waals surface area contributed by atoms with Crippen LogP contribution in [0.15, 0.2) is 18.2 Å². The lowest BCUT2D eigenvalue weighted by atomic mass is 10.2. The first-order valence-corrected chi connectivity index (χ1v) is 7.63. The van der Waals surface area contributed by atoms with Gasteiger partial charge in [-0.1, -0.05) is 11.6 Å². The molecule has 9 heteroatoms. The number of likely N-dealkylation sites (N-methyl/N-ethyl adjacent to an activating group) is 1. The van der Waals surface area contributed by atoms with Gasteiger partial charge in [-0.3, -0.25) is 9.59 Å². The van der Waals surface area contributed by atoms with Crippen LogP contribution >= 0.6 is 22.9 Å². The summed E-state index contributed by atoms with van der Waals surface area (Å²) in [7, 11) is 1.43. The number of hydrogen-bond donors (Lipinski definition) is 2. The molecule has 0 saturated heterocycles. The summed E-state index contributed by atoms with van der Waals surface area (Å²) in [4.78, 5) is 34.5. The van der Waals surface area contributed by atoms with E-state index < -0.39 is 24.3 Å². The van der Waals surface area contributed by atoms with Crippen molar-refractivity contribution in [3.8, 4) is 0 Å². The highest BCUT2D eigenvalue weighted by Gasteiger charge is 2.19. The van der Waals surface area contributed by atoms with Crippen LogP contribution in [0.5, 0.6) is 0 Å². The van der Waals surface area contributed by atoms with E-state index in [9.17, 15) is 18.8 Å². The maximum absolute atomic E-state index is 13.2. The molecule has 0 unspecified atom stereocenters. The van der Waals surface area contributed by atoms with Crippen molar-refractivity contribution in [1.29, 1.82) is 0 Å². The number of nitrogens with one attached hydrogen (secondary N) is 2. The minimum absolute atomic E-state index is 0.0892. The Kier molecular flexibility index (Phi) is 5.51. The molecule has 2 amide bonds. The van der Waals surface area contributed by atoms with Crippen LogP contribution < -0.4 is 10.6 Å². The van der Waals surface area contributed by atoms with Gasteiger partial charge in [0.15, 0.2) is 6.61 Å². The molecule has 0 aliphatic heterocycles. The molecule has 0 radical (unpaired) electrons. The number of ether oxygens (including phenoxy) is 1. The third-order valence-electron chi connectivity index (χ3n) is 2.84. The molecule has 6 nitrogen and oxygen atoms in total. The molecule has 2 rings (SSSR count). The van der Waals surface area contributed by atoms with Gasteiger partial charge in [-0.2, -0.15) is 0 Å². The third-order valence-corrected chi connectivity index (χ3v) is 4.47. The van der Waals surface area contributed by atoms with Crippen molar-refractivity contribution in [1.82, 2.24) is 10.6 Å². The Morgan fingerprint density at radius 3 is 2.74 bits per heavy atom. The third kappa shape index (κ3) is 4.17. The summed E-state index contributed by atoms with van der Waals surface area (Å²) in [5.41, 5.74) is 0. The minimum atomic E-state index is -0.785. The van der Waals surface area contributed by atoms with Crippen LogP contribution in [-0.4, -0.2) is 38.0 Å². The van der Waals surface area contributed by atoms with Gasteiger partial charge in [-0.25, -0.2) is 9.18 Å². The highest BCUT2D eigenvalue weighted by molar-refractivity contribution is 7.21. The monoisotopic (exact) mass is 358 g/mol. The first-order valence-electron chi connectivity index (χ1n) is 6.44. The Bertz CT molecular complexity index is 777. The van der Waals surface area contributed by atoms with Gasteiger partial charge in [0.1, 0.15) is 10.7 Å². The molecule has 0 atom stereocenters. The number of thiophene rings is 1. The Hall–Kier alpha value is -2.19. The van der Waals surface area contributed by atoms with Crippen molar-refractivity contribution in [3.63, 3.8) is 0 Å². The molecule has 122 valence electrons. The average Bonchev–Trinajstić information content (AvgIpc) is 2.86.